The molecular formula is C45H50O14. The zero-order chi connectivity index (χ0) is 41.6. The van der Waals surface area contributed by atoms with E-state index in [4.69, 9.17) is 47.4 Å². The Kier molecular flexibility index (Phi) is 16.0. The van der Waals surface area contributed by atoms with E-state index in [1.807, 2.05) is 109 Å². The molecule has 0 unspecified atom stereocenters. The largest absolute Gasteiger partial charge is 0.491 e. The number of carbonyl (C=O) groups excluding carboxylic acids is 3. The first-order chi connectivity index (χ1) is 28.6. The van der Waals surface area contributed by atoms with Crippen LogP contribution in [0.3, 0.4) is 0 Å². The van der Waals surface area contributed by atoms with E-state index in [9.17, 15) is 19.5 Å². The van der Waals surface area contributed by atoms with Crippen molar-refractivity contribution in [1.82, 2.24) is 0 Å². The molecule has 10 atom stereocenters. The first-order valence-corrected chi connectivity index (χ1v) is 19.4. The highest BCUT2D eigenvalue weighted by Crippen LogP contribution is 2.36. The van der Waals surface area contributed by atoms with Gasteiger partial charge in [0.1, 0.15) is 55.6 Å². The van der Waals surface area contributed by atoms with E-state index in [2.05, 4.69) is 0 Å². The molecule has 14 heteroatoms. The minimum atomic E-state index is -1.50. The van der Waals surface area contributed by atoms with E-state index < -0.39 is 85.9 Å². The highest BCUT2D eigenvalue weighted by Gasteiger charge is 2.55. The van der Waals surface area contributed by atoms with Gasteiger partial charge in [-0.25, -0.2) is 0 Å². The fourth-order valence-electron chi connectivity index (χ4n) is 6.87. The molecule has 2 heterocycles. The molecule has 0 aliphatic carbocycles. The molecular weight excluding hydrogens is 764 g/mol. The molecule has 0 aromatic heterocycles. The third kappa shape index (κ3) is 12.7. The van der Waals surface area contributed by atoms with Gasteiger partial charge in [0.2, 0.25) is 0 Å². The summed E-state index contributed by atoms with van der Waals surface area (Å²) in [6.45, 7) is 3.31. The predicted octanol–water partition coefficient (Wildman–Crippen LogP) is 5.08. The van der Waals surface area contributed by atoms with Gasteiger partial charge < -0.3 is 52.5 Å². The van der Waals surface area contributed by atoms with E-state index in [0.717, 1.165) is 16.7 Å². The Morgan fingerprint density at radius 3 is 1.47 bits per heavy atom. The van der Waals surface area contributed by atoms with E-state index in [-0.39, 0.29) is 26.4 Å². The van der Waals surface area contributed by atoms with Crippen molar-refractivity contribution in [2.75, 3.05) is 13.2 Å². The van der Waals surface area contributed by atoms with Crippen molar-refractivity contribution in [2.45, 2.75) is 102 Å². The Balaban J connectivity index is 1.40. The molecule has 59 heavy (non-hydrogen) atoms. The molecule has 14 nitrogen and oxygen atoms in total. The summed E-state index contributed by atoms with van der Waals surface area (Å²) in [5.41, 5.74) is 2.45. The van der Waals surface area contributed by atoms with Crippen LogP contribution in [-0.2, 0) is 76.8 Å². The lowest BCUT2D eigenvalue weighted by Crippen LogP contribution is -2.66. The average Bonchev–Trinajstić information content (AvgIpc) is 3.23. The Morgan fingerprint density at radius 2 is 0.966 bits per heavy atom. The van der Waals surface area contributed by atoms with E-state index in [1.165, 1.54) is 20.8 Å². The summed E-state index contributed by atoms with van der Waals surface area (Å²) in [7, 11) is 0. The number of hydrogen-bond acceptors (Lipinski definition) is 14. The molecule has 0 spiro atoms. The lowest BCUT2D eigenvalue weighted by atomic mass is 9.96. The molecule has 2 saturated heterocycles. The number of ether oxygens (including phenoxy) is 10. The topological polar surface area (TPSA) is 164 Å². The lowest BCUT2D eigenvalue weighted by molar-refractivity contribution is -0.367. The van der Waals surface area contributed by atoms with Crippen molar-refractivity contribution >= 4 is 17.9 Å². The second-order valence-electron chi connectivity index (χ2n) is 14.1. The van der Waals surface area contributed by atoms with E-state index >= 15 is 0 Å². The molecule has 4 aromatic carbocycles. The number of esters is 3. The number of benzene rings is 4. The van der Waals surface area contributed by atoms with Gasteiger partial charge in [-0.3, -0.25) is 14.4 Å². The van der Waals surface area contributed by atoms with Gasteiger partial charge in [-0.05, 0) is 28.8 Å². The Bertz CT molecular complexity index is 1880. The number of aliphatic hydroxyl groups is 1. The Morgan fingerprint density at radius 1 is 0.508 bits per heavy atom. The van der Waals surface area contributed by atoms with E-state index in [1.54, 1.807) is 12.1 Å². The Labute approximate surface area is 343 Å². The summed E-state index contributed by atoms with van der Waals surface area (Å²) in [5.74, 6) is -1.50. The van der Waals surface area contributed by atoms with Crippen LogP contribution >= 0.6 is 0 Å². The van der Waals surface area contributed by atoms with Gasteiger partial charge in [0.05, 0.1) is 19.8 Å². The van der Waals surface area contributed by atoms with Crippen LogP contribution < -0.4 is 4.74 Å². The molecule has 0 bridgehead atoms. The minimum Gasteiger partial charge on any atom is -0.491 e. The maximum absolute atomic E-state index is 12.8. The van der Waals surface area contributed by atoms with Gasteiger partial charge >= 0.3 is 17.9 Å². The minimum absolute atomic E-state index is 0.00503. The molecule has 2 aliphatic heterocycles. The van der Waals surface area contributed by atoms with Crippen LogP contribution in [0.4, 0.5) is 0 Å². The van der Waals surface area contributed by atoms with Crippen molar-refractivity contribution < 1.29 is 66.9 Å². The molecule has 2 aliphatic rings. The third-order valence-corrected chi connectivity index (χ3v) is 9.56. The zero-order valence-electron chi connectivity index (χ0n) is 33.1. The monoisotopic (exact) mass is 814 g/mol. The highest BCUT2D eigenvalue weighted by atomic mass is 16.8. The van der Waals surface area contributed by atoms with Crippen LogP contribution in [0, 0.1) is 0 Å². The summed E-state index contributed by atoms with van der Waals surface area (Å²) >= 11 is 0. The molecule has 1 N–H and O–H groups in total. The number of carbonyl (C=O) groups is 3. The van der Waals surface area contributed by atoms with Crippen molar-refractivity contribution in [2.24, 2.45) is 0 Å². The normalized spacial score (nSPS) is 26.6. The summed E-state index contributed by atoms with van der Waals surface area (Å²) in [6, 6.07) is 37.2. The number of para-hydroxylation sites is 1. The number of rotatable bonds is 18. The van der Waals surface area contributed by atoms with Crippen LogP contribution in [0.2, 0.25) is 0 Å². The smallest absolute Gasteiger partial charge is 0.303 e. The highest BCUT2D eigenvalue weighted by molar-refractivity contribution is 5.68. The van der Waals surface area contributed by atoms with Crippen molar-refractivity contribution in [3.63, 3.8) is 0 Å². The van der Waals surface area contributed by atoms with Gasteiger partial charge in [-0.2, -0.15) is 0 Å². The summed E-state index contributed by atoms with van der Waals surface area (Å²) < 4.78 is 62.3. The van der Waals surface area contributed by atoms with Gasteiger partial charge in [0, 0.05) is 20.8 Å². The fraction of sp³-hybridized carbons (Fsp3) is 0.400. The summed E-state index contributed by atoms with van der Waals surface area (Å²) in [6.07, 6.45) is -12.3. The van der Waals surface area contributed by atoms with Gasteiger partial charge in [0.15, 0.2) is 24.8 Å². The second kappa shape index (κ2) is 21.7. The molecule has 6 rings (SSSR count). The maximum Gasteiger partial charge on any atom is 0.303 e. The van der Waals surface area contributed by atoms with Crippen LogP contribution in [0.1, 0.15) is 37.5 Å². The fourth-order valence-corrected chi connectivity index (χ4v) is 6.87. The third-order valence-electron chi connectivity index (χ3n) is 9.56. The molecule has 0 saturated carbocycles. The van der Waals surface area contributed by atoms with E-state index in [0.29, 0.717) is 5.75 Å². The van der Waals surface area contributed by atoms with Crippen molar-refractivity contribution in [3.8, 4) is 5.75 Å². The molecule has 4 aromatic rings. The Hall–Kier alpha value is -5.19. The maximum atomic E-state index is 12.8. The molecule has 0 radical (unpaired) electrons. The van der Waals surface area contributed by atoms with Gasteiger partial charge in [-0.15, -0.1) is 0 Å². The first kappa shape index (κ1) is 43.4. The summed E-state index contributed by atoms with van der Waals surface area (Å²) in [5, 5.41) is 11.6. The zero-order valence-corrected chi connectivity index (χ0v) is 33.1. The van der Waals surface area contributed by atoms with Crippen molar-refractivity contribution in [1.29, 1.82) is 0 Å². The van der Waals surface area contributed by atoms with Gasteiger partial charge in [-0.1, -0.05) is 109 Å². The quantitative estimate of drug-likeness (QED) is 0.105. The van der Waals surface area contributed by atoms with Crippen molar-refractivity contribution in [3.05, 3.63) is 138 Å². The molecule has 0 amide bonds. The van der Waals surface area contributed by atoms with Crippen LogP contribution in [0.25, 0.3) is 0 Å². The lowest BCUT2D eigenvalue weighted by Gasteiger charge is -2.49. The SMILES string of the molecule is CC(=O)OC[C@H]1O[C@H](O[C@@H]2[C@H](OCc3ccccc3)[C@@H](OCc3ccccc3)[C@H](O)O[C@@H]2COc2ccccc2)[C@H](OCc2ccccc2)[C@@H](OC(C)=O)[C@@H]1OC(C)=O. The standard InChI is InChI=1S/C45H50O14/c1-29(46)50-27-37-39(55-30(2)47)41(56-31(3)48)43(54-26-34-20-12-6-13-21-34)45(58-37)59-38-36(28-51-35-22-14-7-15-23-35)57-44(49)42(53-25-33-18-10-5-11-19-33)40(38)52-24-32-16-8-4-9-17-32/h4-23,36-45,49H,24-28H2,1-3H3/t36-,37-,38+,39-,40+,41+,42-,43-,44-,45-/m1/s1. The predicted molar refractivity (Wildman–Crippen MR) is 209 cm³/mol. The summed E-state index contributed by atoms with van der Waals surface area (Å²) in [4.78, 5) is 37.4. The van der Waals surface area contributed by atoms with Gasteiger partial charge in [0.25, 0.3) is 0 Å². The number of aliphatic hydroxyl groups excluding tert-OH is 1. The first-order valence-electron chi connectivity index (χ1n) is 19.4. The number of hydrogen-bond donors (Lipinski definition) is 1. The van der Waals surface area contributed by atoms with Crippen LogP contribution in [0.5, 0.6) is 5.75 Å². The average molecular weight is 815 g/mol. The second-order valence-corrected chi connectivity index (χ2v) is 14.1. The van der Waals surface area contributed by atoms with Crippen LogP contribution in [-0.4, -0.2) is 97.6 Å². The van der Waals surface area contributed by atoms with Crippen LogP contribution in [0.15, 0.2) is 121 Å². The molecule has 2 fully saturated rings. The molecule has 314 valence electrons.